The van der Waals surface area contributed by atoms with E-state index in [0.29, 0.717) is 23.7 Å². The lowest BCUT2D eigenvalue weighted by Crippen LogP contribution is -2.38. The van der Waals surface area contributed by atoms with E-state index in [1.807, 2.05) is 0 Å². The Morgan fingerprint density at radius 2 is 0.411 bits per heavy atom. The van der Waals surface area contributed by atoms with E-state index in [0.717, 1.165) is 47.3 Å². The Morgan fingerprint density at radius 1 is 0.250 bits per heavy atom. The van der Waals surface area contributed by atoms with Crippen molar-refractivity contribution in [3.8, 4) is 0 Å². The highest BCUT2D eigenvalue weighted by molar-refractivity contribution is 5.31. The highest BCUT2D eigenvalue weighted by Gasteiger charge is 2.46. The van der Waals surface area contributed by atoms with Crippen LogP contribution in [0.3, 0.4) is 0 Å². The van der Waals surface area contributed by atoms with E-state index >= 15 is 0 Å². The van der Waals surface area contributed by atoms with Crippen LogP contribution in [-0.4, -0.2) is 0 Å². The first-order chi connectivity index (χ1) is 27.4. The molecule has 0 N–H and O–H groups in total. The Bertz CT molecular complexity index is 1530. The molecule has 5 aliphatic rings. The van der Waals surface area contributed by atoms with Gasteiger partial charge in [-0.2, -0.15) is 0 Å². The molecule has 0 aromatic heterocycles. The first kappa shape index (κ1) is 38.4. The van der Waals surface area contributed by atoms with Crippen molar-refractivity contribution in [3.05, 3.63) is 142 Å². The SMILES string of the molecule is Cc1ccc(C2C3CCCC(C3)C(c3ccc(C)cc3)C3CCCC(C3)C(c3ccc(C)cc3)C3CCCC(C3)C(c3ccc(C)cc3)C3CCCC2C3)cc1. The molecular formula is C56H72. The Labute approximate surface area is 341 Å². The van der Waals surface area contributed by atoms with Crippen LogP contribution < -0.4 is 0 Å². The molecule has 0 saturated heterocycles. The lowest BCUT2D eigenvalue weighted by atomic mass is 9.55. The Hall–Kier alpha value is -3.12. The molecule has 0 aliphatic heterocycles. The van der Waals surface area contributed by atoms with Crippen molar-refractivity contribution in [3.63, 3.8) is 0 Å². The van der Waals surface area contributed by atoms with Gasteiger partial charge in [0.2, 0.25) is 0 Å². The van der Waals surface area contributed by atoms with Gasteiger partial charge in [-0.3, -0.25) is 0 Å². The van der Waals surface area contributed by atoms with Gasteiger partial charge in [0.05, 0.1) is 0 Å². The van der Waals surface area contributed by atoms with Crippen LogP contribution in [-0.2, 0) is 0 Å². The van der Waals surface area contributed by atoms with Crippen molar-refractivity contribution in [1.82, 2.24) is 0 Å². The van der Waals surface area contributed by atoms with E-state index in [1.165, 1.54) is 125 Å². The molecule has 0 radical (unpaired) electrons. The van der Waals surface area contributed by atoms with Gasteiger partial charge in [0.15, 0.2) is 0 Å². The van der Waals surface area contributed by atoms with Crippen LogP contribution in [0.5, 0.6) is 0 Å². The molecule has 5 aliphatic carbocycles. The van der Waals surface area contributed by atoms with Crippen molar-refractivity contribution in [2.75, 3.05) is 0 Å². The standard InChI is InChI=1S/C56H72/c1-37-17-25-41(26-18-37)53-45-9-5-11-47(33-45)54(42-27-19-38(2)20-28-42)49-13-7-15-51(35-49)56(44-31-23-40(4)24-32-44)52-16-8-14-50(36-52)55(43-29-21-39(3)22-30-43)48-12-6-10-46(53)34-48/h17-32,45-56H,5-16,33-36H2,1-4H3. The zero-order chi connectivity index (χ0) is 38.2. The van der Waals surface area contributed by atoms with Gasteiger partial charge < -0.3 is 0 Å². The van der Waals surface area contributed by atoms with Crippen molar-refractivity contribution >= 4 is 0 Å². The average Bonchev–Trinajstić information content (AvgIpc) is 3.22. The third kappa shape index (κ3) is 8.12. The second kappa shape index (κ2) is 17.0. The Balaban J connectivity index is 1.18. The van der Waals surface area contributed by atoms with Gasteiger partial charge in [0, 0.05) is 0 Å². The molecule has 4 aromatic carbocycles. The second-order valence-electron chi connectivity index (χ2n) is 20.5. The number of hydrogen-bond acceptors (Lipinski definition) is 0. The van der Waals surface area contributed by atoms with E-state index in [1.54, 1.807) is 22.3 Å². The van der Waals surface area contributed by atoms with Gasteiger partial charge >= 0.3 is 0 Å². The molecule has 8 atom stereocenters. The molecule has 8 bridgehead atoms. The monoisotopic (exact) mass is 745 g/mol. The van der Waals surface area contributed by atoms with Crippen molar-refractivity contribution in [2.45, 2.75) is 154 Å². The van der Waals surface area contributed by atoms with Gasteiger partial charge in [-0.25, -0.2) is 0 Å². The summed E-state index contributed by atoms with van der Waals surface area (Å²) in [6.07, 6.45) is 22.7. The Morgan fingerprint density at radius 3 is 0.571 bits per heavy atom. The first-order valence-electron chi connectivity index (χ1n) is 23.6. The second-order valence-corrected chi connectivity index (χ2v) is 20.5. The molecule has 4 aromatic rings. The molecule has 5 saturated carbocycles. The van der Waals surface area contributed by atoms with E-state index in [4.69, 9.17) is 0 Å². The highest BCUT2D eigenvalue weighted by atomic mass is 14.5. The number of fused-ring (bicyclic) bond motifs is 8. The van der Waals surface area contributed by atoms with Crippen LogP contribution in [0.2, 0.25) is 0 Å². The predicted octanol–water partition coefficient (Wildman–Crippen LogP) is 15.6. The normalized spacial score (nSPS) is 35.1. The summed E-state index contributed by atoms with van der Waals surface area (Å²) < 4.78 is 0. The third-order valence-corrected chi connectivity index (χ3v) is 16.9. The lowest BCUT2D eigenvalue weighted by Gasteiger charge is -2.50. The minimum Gasteiger partial charge on any atom is -0.0590 e. The highest BCUT2D eigenvalue weighted by Crippen LogP contribution is 2.58. The molecule has 56 heavy (non-hydrogen) atoms. The van der Waals surface area contributed by atoms with Gasteiger partial charge in [-0.1, -0.05) is 145 Å². The zero-order valence-corrected chi connectivity index (χ0v) is 35.5. The molecule has 0 heteroatoms. The van der Waals surface area contributed by atoms with Crippen LogP contribution in [0.15, 0.2) is 97.1 Å². The summed E-state index contributed by atoms with van der Waals surface area (Å²) in [6, 6.07) is 40.1. The fraction of sp³-hybridized carbons (Fsp3) is 0.571. The lowest BCUT2D eigenvalue weighted by molar-refractivity contribution is 0.0725. The van der Waals surface area contributed by atoms with Gasteiger partial charge in [-0.05, 0) is 198 Å². The van der Waals surface area contributed by atoms with Gasteiger partial charge in [0.25, 0.3) is 0 Å². The molecule has 0 amide bonds. The third-order valence-electron chi connectivity index (χ3n) is 16.9. The van der Waals surface area contributed by atoms with Crippen LogP contribution >= 0.6 is 0 Å². The summed E-state index contributed by atoms with van der Waals surface area (Å²) in [5.41, 5.74) is 12.3. The fourth-order valence-electron chi connectivity index (χ4n) is 14.5. The molecule has 9 rings (SSSR count). The van der Waals surface area contributed by atoms with E-state index in [9.17, 15) is 0 Å². The van der Waals surface area contributed by atoms with Crippen LogP contribution in [0.4, 0.5) is 0 Å². The van der Waals surface area contributed by atoms with Gasteiger partial charge in [-0.15, -0.1) is 0 Å². The molecule has 0 heterocycles. The number of rotatable bonds is 4. The number of hydrogen-bond donors (Lipinski definition) is 0. The van der Waals surface area contributed by atoms with Crippen molar-refractivity contribution < 1.29 is 0 Å². The fourth-order valence-corrected chi connectivity index (χ4v) is 14.5. The molecular weight excluding hydrogens is 673 g/mol. The molecule has 0 nitrogen and oxygen atoms in total. The zero-order valence-electron chi connectivity index (χ0n) is 35.5. The maximum Gasteiger partial charge on any atom is -0.0105 e. The molecule has 296 valence electrons. The maximum atomic E-state index is 2.57. The van der Waals surface area contributed by atoms with E-state index < -0.39 is 0 Å². The topological polar surface area (TPSA) is 0 Å². The van der Waals surface area contributed by atoms with Crippen molar-refractivity contribution in [1.29, 1.82) is 0 Å². The summed E-state index contributed by atoms with van der Waals surface area (Å²) in [5.74, 6) is 9.08. The minimum atomic E-state index is 0.690. The molecule has 8 unspecified atom stereocenters. The smallest absolute Gasteiger partial charge is 0.0105 e. The van der Waals surface area contributed by atoms with Crippen molar-refractivity contribution in [2.24, 2.45) is 47.3 Å². The summed E-state index contributed by atoms with van der Waals surface area (Å²) in [6.45, 7) is 9.14. The minimum absolute atomic E-state index is 0.690. The van der Waals surface area contributed by atoms with Crippen LogP contribution in [0.1, 0.15) is 171 Å². The largest absolute Gasteiger partial charge is 0.0590 e. The van der Waals surface area contributed by atoms with Crippen LogP contribution in [0.25, 0.3) is 0 Å². The number of benzene rings is 4. The first-order valence-corrected chi connectivity index (χ1v) is 23.6. The van der Waals surface area contributed by atoms with E-state index in [2.05, 4.69) is 125 Å². The average molecular weight is 745 g/mol. The summed E-state index contributed by atoms with van der Waals surface area (Å²) in [5, 5.41) is 0. The Kier molecular flexibility index (Phi) is 11.7. The molecule has 5 fully saturated rings. The maximum absolute atomic E-state index is 2.57. The molecule has 0 spiro atoms. The number of aryl methyl sites for hydroxylation is 4. The quantitative estimate of drug-likeness (QED) is 0.195. The summed E-state index contributed by atoms with van der Waals surface area (Å²) in [4.78, 5) is 0. The van der Waals surface area contributed by atoms with Crippen LogP contribution in [0, 0.1) is 75.0 Å². The van der Waals surface area contributed by atoms with Gasteiger partial charge in [0.1, 0.15) is 0 Å². The summed E-state index contributed by atoms with van der Waals surface area (Å²) in [7, 11) is 0. The predicted molar refractivity (Wildman–Crippen MR) is 237 cm³/mol. The summed E-state index contributed by atoms with van der Waals surface area (Å²) >= 11 is 0. The van der Waals surface area contributed by atoms with E-state index in [-0.39, 0.29) is 0 Å².